The van der Waals surface area contributed by atoms with Crippen molar-refractivity contribution in [1.29, 1.82) is 0 Å². The number of likely N-dealkylation sites (tertiary alicyclic amines) is 1. The van der Waals surface area contributed by atoms with Crippen LogP contribution in [0.1, 0.15) is 56.6 Å². The summed E-state index contributed by atoms with van der Waals surface area (Å²) in [6.07, 6.45) is 3.55. The number of carbonyl (C=O) groups is 1. The van der Waals surface area contributed by atoms with Gasteiger partial charge in [0, 0.05) is 24.8 Å². The maximum atomic E-state index is 12.2. The molecule has 0 bridgehead atoms. The fraction of sp³-hybridized carbons (Fsp3) is 0.611. The third-order valence-electron chi connectivity index (χ3n) is 4.44. The molecule has 0 aromatic carbocycles. The highest BCUT2D eigenvalue weighted by Crippen LogP contribution is 2.33. The van der Waals surface area contributed by atoms with Gasteiger partial charge in [-0.15, -0.1) is 0 Å². The highest BCUT2D eigenvalue weighted by molar-refractivity contribution is 5.81. The number of H-pyrrole nitrogens is 1. The molecular weight excluding hydrogens is 304 g/mol. The van der Waals surface area contributed by atoms with E-state index in [-0.39, 0.29) is 6.09 Å². The first kappa shape index (κ1) is 16.7. The Balaban J connectivity index is 1.74. The summed E-state index contributed by atoms with van der Waals surface area (Å²) in [6.45, 7) is 11.1. The Kier molecular flexibility index (Phi) is 4.24. The fourth-order valence-electron chi connectivity index (χ4n) is 3.25. The largest absolute Gasteiger partial charge is 0.444 e. The van der Waals surface area contributed by atoms with Gasteiger partial charge in [-0.25, -0.2) is 9.78 Å². The molecule has 1 saturated heterocycles. The molecule has 2 aromatic heterocycles. The summed E-state index contributed by atoms with van der Waals surface area (Å²) in [6, 6.07) is 0. The molecule has 0 unspecified atom stereocenters. The summed E-state index contributed by atoms with van der Waals surface area (Å²) in [5.41, 5.74) is 3.76. The molecule has 2 aromatic rings. The normalized spacial score (nSPS) is 16.6. The van der Waals surface area contributed by atoms with Crippen LogP contribution in [-0.2, 0) is 4.74 Å². The zero-order chi connectivity index (χ0) is 17.5. The molecule has 3 heterocycles. The van der Waals surface area contributed by atoms with Gasteiger partial charge in [0.15, 0.2) is 0 Å². The predicted octanol–water partition coefficient (Wildman–Crippen LogP) is 3.69. The number of ether oxygens (including phenoxy) is 1. The van der Waals surface area contributed by atoms with Gasteiger partial charge < -0.3 is 14.6 Å². The van der Waals surface area contributed by atoms with Crippen molar-refractivity contribution in [2.75, 3.05) is 13.1 Å². The van der Waals surface area contributed by atoms with Crippen LogP contribution in [0, 0.1) is 13.8 Å². The molecule has 1 aliphatic rings. The average molecular weight is 330 g/mol. The van der Waals surface area contributed by atoms with Crippen LogP contribution >= 0.6 is 0 Å². The lowest BCUT2D eigenvalue weighted by Gasteiger charge is -2.33. The van der Waals surface area contributed by atoms with Crippen LogP contribution in [0.5, 0.6) is 0 Å². The van der Waals surface area contributed by atoms with E-state index in [1.165, 1.54) is 5.56 Å². The highest BCUT2D eigenvalue weighted by atomic mass is 16.6. The van der Waals surface area contributed by atoms with Crippen LogP contribution in [0.15, 0.2) is 6.20 Å². The Morgan fingerprint density at radius 2 is 1.96 bits per heavy atom. The summed E-state index contributed by atoms with van der Waals surface area (Å²) in [5.74, 6) is 1.29. The predicted molar refractivity (Wildman–Crippen MR) is 93.1 cm³/mol. The van der Waals surface area contributed by atoms with Crippen LogP contribution in [0.25, 0.3) is 11.0 Å². The number of hydrogen-bond acceptors (Lipinski definition) is 4. The third kappa shape index (κ3) is 3.37. The molecule has 1 amide bonds. The van der Waals surface area contributed by atoms with E-state index in [0.717, 1.165) is 35.4 Å². The first-order chi connectivity index (χ1) is 11.2. The second-order valence-electron chi connectivity index (χ2n) is 7.59. The minimum absolute atomic E-state index is 0.219. The van der Waals surface area contributed by atoms with Gasteiger partial charge >= 0.3 is 6.09 Å². The Bertz CT molecular complexity index is 752. The number of rotatable bonds is 1. The van der Waals surface area contributed by atoms with Crippen molar-refractivity contribution in [2.45, 2.75) is 59.0 Å². The fourth-order valence-corrected chi connectivity index (χ4v) is 3.25. The van der Waals surface area contributed by atoms with E-state index < -0.39 is 5.60 Å². The molecule has 6 nitrogen and oxygen atoms in total. The number of aryl methyl sites for hydroxylation is 2. The van der Waals surface area contributed by atoms with E-state index in [2.05, 4.69) is 15.0 Å². The summed E-state index contributed by atoms with van der Waals surface area (Å²) in [4.78, 5) is 26.5. The van der Waals surface area contributed by atoms with Crippen LogP contribution in [-0.4, -0.2) is 44.6 Å². The van der Waals surface area contributed by atoms with Gasteiger partial charge in [-0.05, 0) is 53.4 Å². The molecule has 24 heavy (non-hydrogen) atoms. The van der Waals surface area contributed by atoms with Gasteiger partial charge in [-0.1, -0.05) is 0 Å². The number of nitrogens with one attached hydrogen (secondary N) is 1. The molecule has 0 radical (unpaired) electrons. The molecule has 1 N–H and O–H groups in total. The van der Waals surface area contributed by atoms with E-state index in [0.29, 0.717) is 19.0 Å². The van der Waals surface area contributed by atoms with Gasteiger partial charge in [0.1, 0.15) is 11.4 Å². The minimum atomic E-state index is -0.451. The van der Waals surface area contributed by atoms with Crippen molar-refractivity contribution in [3.63, 3.8) is 0 Å². The molecule has 6 heteroatoms. The molecule has 1 fully saturated rings. The minimum Gasteiger partial charge on any atom is -0.444 e. The molecule has 130 valence electrons. The molecule has 0 aliphatic carbocycles. The average Bonchev–Trinajstić information content (AvgIpc) is 2.88. The Hall–Kier alpha value is -2.11. The number of fused-ring (bicyclic) bond motifs is 1. The lowest BCUT2D eigenvalue weighted by atomic mass is 9.89. The van der Waals surface area contributed by atoms with Gasteiger partial charge in [0.05, 0.1) is 16.7 Å². The number of hydrogen-bond donors (Lipinski definition) is 1. The van der Waals surface area contributed by atoms with E-state index >= 15 is 0 Å². The van der Waals surface area contributed by atoms with Crippen molar-refractivity contribution in [1.82, 2.24) is 19.9 Å². The zero-order valence-corrected chi connectivity index (χ0v) is 15.1. The Morgan fingerprint density at radius 3 is 2.58 bits per heavy atom. The van der Waals surface area contributed by atoms with Crippen molar-refractivity contribution in [2.24, 2.45) is 0 Å². The van der Waals surface area contributed by atoms with E-state index in [1.54, 1.807) is 4.90 Å². The standard InChI is InChI=1S/C18H26N4O2/c1-11-15-16(21-12(2)20-15)14(10-19-11)13-6-8-22(9-7-13)17(23)24-18(3,4)5/h10,13H,6-9H2,1-5H3,(H,20,21). The van der Waals surface area contributed by atoms with Crippen molar-refractivity contribution in [3.8, 4) is 0 Å². The van der Waals surface area contributed by atoms with Crippen LogP contribution in [0.3, 0.4) is 0 Å². The first-order valence-electron chi connectivity index (χ1n) is 8.54. The SMILES string of the molecule is Cc1nc2c(C3CCN(C(=O)OC(C)(C)C)CC3)cnc(C)c2[nH]1. The second kappa shape index (κ2) is 6.07. The molecular formula is C18H26N4O2. The summed E-state index contributed by atoms with van der Waals surface area (Å²) in [5, 5.41) is 0. The van der Waals surface area contributed by atoms with E-state index in [4.69, 9.17) is 4.74 Å². The highest BCUT2D eigenvalue weighted by Gasteiger charge is 2.29. The van der Waals surface area contributed by atoms with Crippen LogP contribution in [0.2, 0.25) is 0 Å². The van der Waals surface area contributed by atoms with E-state index in [1.807, 2.05) is 40.8 Å². The van der Waals surface area contributed by atoms with Crippen LogP contribution < -0.4 is 0 Å². The van der Waals surface area contributed by atoms with Gasteiger partial charge in [0.25, 0.3) is 0 Å². The number of aromatic amines is 1. The second-order valence-corrected chi connectivity index (χ2v) is 7.59. The lowest BCUT2D eigenvalue weighted by Crippen LogP contribution is -2.41. The first-order valence-corrected chi connectivity index (χ1v) is 8.54. The lowest BCUT2D eigenvalue weighted by molar-refractivity contribution is 0.0205. The molecule has 0 saturated carbocycles. The Morgan fingerprint density at radius 1 is 1.29 bits per heavy atom. The number of aromatic nitrogens is 3. The molecule has 0 spiro atoms. The zero-order valence-electron chi connectivity index (χ0n) is 15.1. The molecule has 0 atom stereocenters. The van der Waals surface area contributed by atoms with Gasteiger partial charge in [-0.2, -0.15) is 0 Å². The number of carbonyl (C=O) groups excluding carboxylic acids is 1. The number of imidazole rings is 1. The van der Waals surface area contributed by atoms with Gasteiger partial charge in [-0.3, -0.25) is 4.98 Å². The monoisotopic (exact) mass is 330 g/mol. The van der Waals surface area contributed by atoms with Gasteiger partial charge in [0.2, 0.25) is 0 Å². The summed E-state index contributed by atoms with van der Waals surface area (Å²) in [7, 11) is 0. The maximum Gasteiger partial charge on any atom is 0.410 e. The number of nitrogens with zero attached hydrogens (tertiary/aromatic N) is 3. The molecule has 1 aliphatic heterocycles. The topological polar surface area (TPSA) is 71.1 Å². The third-order valence-corrected chi connectivity index (χ3v) is 4.44. The van der Waals surface area contributed by atoms with Crippen molar-refractivity contribution in [3.05, 3.63) is 23.3 Å². The Labute approximate surface area is 142 Å². The number of pyridine rings is 1. The number of amides is 1. The van der Waals surface area contributed by atoms with Crippen LogP contribution in [0.4, 0.5) is 4.79 Å². The maximum absolute atomic E-state index is 12.2. The summed E-state index contributed by atoms with van der Waals surface area (Å²) < 4.78 is 5.46. The quantitative estimate of drug-likeness (QED) is 0.865. The molecule has 3 rings (SSSR count). The van der Waals surface area contributed by atoms with Crippen molar-refractivity contribution < 1.29 is 9.53 Å². The van der Waals surface area contributed by atoms with E-state index in [9.17, 15) is 4.79 Å². The number of piperidine rings is 1. The summed E-state index contributed by atoms with van der Waals surface area (Å²) >= 11 is 0. The smallest absolute Gasteiger partial charge is 0.410 e. The van der Waals surface area contributed by atoms with Crippen molar-refractivity contribution >= 4 is 17.1 Å².